The molecule has 4 nitrogen and oxygen atoms in total. The van der Waals surface area contributed by atoms with Gasteiger partial charge >= 0.3 is 0 Å². The fourth-order valence-corrected chi connectivity index (χ4v) is 4.53. The molecule has 2 aliphatic rings. The van der Waals surface area contributed by atoms with Crippen LogP contribution in [0.25, 0.3) is 0 Å². The number of hydrogen-bond donors (Lipinski definition) is 2. The number of benzene rings is 1. The van der Waals surface area contributed by atoms with Gasteiger partial charge in [0.1, 0.15) is 0 Å². The van der Waals surface area contributed by atoms with Gasteiger partial charge in [0.2, 0.25) is 5.91 Å². The van der Waals surface area contributed by atoms with E-state index in [9.17, 15) is 4.79 Å². The lowest BCUT2D eigenvalue weighted by Gasteiger charge is -2.35. The number of nitrogens with one attached hydrogen (secondary N) is 1. The Morgan fingerprint density at radius 3 is 2.32 bits per heavy atom. The van der Waals surface area contributed by atoms with Crippen LogP contribution in [0, 0.1) is 17.8 Å². The number of carbonyl (C=O) groups is 1. The molecule has 1 saturated heterocycles. The van der Waals surface area contributed by atoms with Crippen LogP contribution in [0.4, 0.5) is 0 Å². The maximum Gasteiger partial charge on any atom is 0.223 e. The van der Waals surface area contributed by atoms with E-state index >= 15 is 0 Å². The summed E-state index contributed by atoms with van der Waals surface area (Å²) in [7, 11) is 0. The van der Waals surface area contributed by atoms with Gasteiger partial charge in [-0.3, -0.25) is 9.69 Å². The van der Waals surface area contributed by atoms with Crippen molar-refractivity contribution in [3.63, 3.8) is 0 Å². The van der Waals surface area contributed by atoms with Crippen LogP contribution in [0.5, 0.6) is 0 Å². The molecule has 3 rings (SSSR count). The predicted octanol–water partition coefficient (Wildman–Crippen LogP) is 2.91. The second kappa shape index (κ2) is 8.33. The molecule has 1 aromatic rings. The van der Waals surface area contributed by atoms with Crippen LogP contribution in [0.15, 0.2) is 24.3 Å². The Morgan fingerprint density at radius 1 is 1.08 bits per heavy atom. The molecule has 0 spiro atoms. The third kappa shape index (κ3) is 5.29. The first kappa shape index (κ1) is 18.4. The number of amides is 1. The van der Waals surface area contributed by atoms with Crippen LogP contribution in [0.3, 0.4) is 0 Å². The van der Waals surface area contributed by atoms with Crippen LogP contribution in [0.1, 0.15) is 50.7 Å². The van der Waals surface area contributed by atoms with Crippen molar-refractivity contribution in [1.82, 2.24) is 10.2 Å². The molecule has 2 fully saturated rings. The minimum absolute atomic E-state index is 0.109. The number of hydrogen-bond acceptors (Lipinski definition) is 3. The maximum atomic E-state index is 12.2. The van der Waals surface area contributed by atoms with Crippen LogP contribution in [0.2, 0.25) is 0 Å². The zero-order valence-electron chi connectivity index (χ0n) is 15.7. The number of piperidine rings is 1. The summed E-state index contributed by atoms with van der Waals surface area (Å²) in [5, 5.41) is 3.07. The maximum absolute atomic E-state index is 12.2. The first-order valence-electron chi connectivity index (χ1n) is 9.83. The van der Waals surface area contributed by atoms with Crippen LogP contribution >= 0.6 is 0 Å². The molecule has 138 valence electrons. The van der Waals surface area contributed by atoms with Crippen LogP contribution < -0.4 is 11.1 Å². The number of likely N-dealkylation sites (tertiary alicyclic amines) is 1. The molecular formula is C21H33N3O. The molecule has 4 atom stereocenters. The summed E-state index contributed by atoms with van der Waals surface area (Å²) < 4.78 is 0. The van der Waals surface area contributed by atoms with Gasteiger partial charge in [-0.2, -0.15) is 0 Å². The Hall–Kier alpha value is -1.39. The molecule has 1 saturated carbocycles. The standard InChI is InChI=1S/C21H33N3O/c1-15-9-16(2)13-24(12-15)14-18-5-3-17(4-6-18)11-23-21(25)19-7-8-20(22)10-19/h3-6,15-16,19-20H,7-14,22H2,1-2H3,(H,23,25). The van der Waals surface area contributed by atoms with Gasteiger partial charge < -0.3 is 11.1 Å². The Balaban J connectivity index is 1.46. The molecular weight excluding hydrogens is 310 g/mol. The Bertz CT molecular complexity index is 561. The summed E-state index contributed by atoms with van der Waals surface area (Å²) in [5.41, 5.74) is 8.42. The fraction of sp³-hybridized carbons (Fsp3) is 0.667. The number of carbonyl (C=O) groups excluding carboxylic acids is 1. The molecule has 1 amide bonds. The fourth-order valence-electron chi connectivity index (χ4n) is 4.53. The minimum Gasteiger partial charge on any atom is -0.352 e. The van der Waals surface area contributed by atoms with E-state index in [-0.39, 0.29) is 17.9 Å². The lowest BCUT2D eigenvalue weighted by Crippen LogP contribution is -2.38. The number of nitrogens with two attached hydrogens (primary N) is 1. The van der Waals surface area contributed by atoms with Gasteiger partial charge in [0, 0.05) is 38.1 Å². The molecule has 0 aromatic heterocycles. The average Bonchev–Trinajstić information content (AvgIpc) is 2.99. The zero-order chi connectivity index (χ0) is 17.8. The first-order chi connectivity index (χ1) is 12.0. The second-order valence-electron chi connectivity index (χ2n) is 8.44. The van der Waals surface area contributed by atoms with Gasteiger partial charge in [0.05, 0.1) is 0 Å². The Morgan fingerprint density at radius 2 is 1.72 bits per heavy atom. The second-order valence-corrected chi connectivity index (χ2v) is 8.44. The van der Waals surface area contributed by atoms with Crippen molar-refractivity contribution >= 4 is 5.91 Å². The number of nitrogens with zero attached hydrogens (tertiary/aromatic N) is 1. The van der Waals surface area contributed by atoms with Crippen molar-refractivity contribution in [3.8, 4) is 0 Å². The van der Waals surface area contributed by atoms with E-state index in [2.05, 4.69) is 48.3 Å². The van der Waals surface area contributed by atoms with E-state index in [1.165, 1.54) is 30.6 Å². The van der Waals surface area contributed by atoms with E-state index in [1.54, 1.807) is 0 Å². The predicted molar refractivity (Wildman–Crippen MR) is 102 cm³/mol. The molecule has 1 heterocycles. The molecule has 4 unspecified atom stereocenters. The molecule has 1 aliphatic heterocycles. The summed E-state index contributed by atoms with van der Waals surface area (Å²) in [5.74, 6) is 1.86. The molecule has 0 radical (unpaired) electrons. The highest BCUT2D eigenvalue weighted by Crippen LogP contribution is 2.24. The van der Waals surface area contributed by atoms with Gasteiger partial charge in [0.15, 0.2) is 0 Å². The monoisotopic (exact) mass is 343 g/mol. The summed E-state index contributed by atoms with van der Waals surface area (Å²) in [6, 6.07) is 8.91. The van der Waals surface area contributed by atoms with Crippen molar-refractivity contribution in [2.45, 2.75) is 58.7 Å². The van der Waals surface area contributed by atoms with E-state index in [4.69, 9.17) is 5.73 Å². The van der Waals surface area contributed by atoms with Gasteiger partial charge in [-0.1, -0.05) is 38.1 Å². The quantitative estimate of drug-likeness (QED) is 0.864. The number of rotatable bonds is 5. The summed E-state index contributed by atoms with van der Waals surface area (Å²) in [6.07, 6.45) is 4.08. The zero-order valence-corrected chi connectivity index (χ0v) is 15.7. The highest BCUT2D eigenvalue weighted by molar-refractivity contribution is 5.79. The van der Waals surface area contributed by atoms with E-state index in [0.717, 1.165) is 37.6 Å². The average molecular weight is 344 g/mol. The molecule has 3 N–H and O–H groups in total. The van der Waals surface area contributed by atoms with Gasteiger partial charge in [-0.15, -0.1) is 0 Å². The minimum atomic E-state index is 0.109. The lowest BCUT2D eigenvalue weighted by molar-refractivity contribution is -0.125. The summed E-state index contributed by atoms with van der Waals surface area (Å²) in [6.45, 7) is 8.75. The van der Waals surface area contributed by atoms with Crippen LogP contribution in [-0.4, -0.2) is 29.9 Å². The highest BCUT2D eigenvalue weighted by Gasteiger charge is 2.27. The van der Waals surface area contributed by atoms with Gasteiger partial charge in [-0.25, -0.2) is 0 Å². The SMILES string of the molecule is CC1CC(C)CN(Cc2ccc(CNC(=O)C3CCC(N)C3)cc2)C1. The Kier molecular flexibility index (Phi) is 6.13. The summed E-state index contributed by atoms with van der Waals surface area (Å²) >= 11 is 0. The van der Waals surface area contributed by atoms with Gasteiger partial charge in [-0.05, 0) is 48.6 Å². The third-order valence-electron chi connectivity index (χ3n) is 5.68. The third-order valence-corrected chi connectivity index (χ3v) is 5.68. The normalized spacial score (nSPS) is 30.4. The van der Waals surface area contributed by atoms with E-state index in [0.29, 0.717) is 6.54 Å². The molecule has 1 aromatic carbocycles. The van der Waals surface area contributed by atoms with Crippen LogP contribution in [-0.2, 0) is 17.9 Å². The van der Waals surface area contributed by atoms with Crippen molar-refractivity contribution in [3.05, 3.63) is 35.4 Å². The molecule has 25 heavy (non-hydrogen) atoms. The smallest absolute Gasteiger partial charge is 0.223 e. The largest absolute Gasteiger partial charge is 0.352 e. The Labute approximate surface area is 152 Å². The molecule has 4 heteroatoms. The summed E-state index contributed by atoms with van der Waals surface area (Å²) in [4.78, 5) is 14.8. The topological polar surface area (TPSA) is 58.4 Å². The van der Waals surface area contributed by atoms with Crippen molar-refractivity contribution < 1.29 is 4.79 Å². The van der Waals surface area contributed by atoms with Crippen molar-refractivity contribution in [2.75, 3.05) is 13.1 Å². The van der Waals surface area contributed by atoms with Crippen molar-refractivity contribution in [1.29, 1.82) is 0 Å². The highest BCUT2D eigenvalue weighted by atomic mass is 16.1. The lowest BCUT2D eigenvalue weighted by atomic mass is 9.91. The van der Waals surface area contributed by atoms with E-state index in [1.807, 2.05) is 0 Å². The first-order valence-corrected chi connectivity index (χ1v) is 9.83. The van der Waals surface area contributed by atoms with Gasteiger partial charge in [0.25, 0.3) is 0 Å². The molecule has 1 aliphatic carbocycles. The molecule has 0 bridgehead atoms. The van der Waals surface area contributed by atoms with E-state index < -0.39 is 0 Å². The van der Waals surface area contributed by atoms with Crippen molar-refractivity contribution in [2.24, 2.45) is 23.5 Å².